The first-order chi connectivity index (χ1) is 1.00. The third-order valence-corrected chi connectivity index (χ3v) is 0. The van der Waals surface area contributed by atoms with E-state index in [0.29, 0.717) is 0 Å². The minimum Gasteiger partial charge on any atom is -1.00 e. The van der Waals surface area contributed by atoms with Crippen molar-refractivity contribution in [3.8, 4) is 0 Å². The van der Waals surface area contributed by atoms with E-state index in [1.807, 2.05) is 0 Å². The molecule has 2 radical (unpaired) electrons. The molecule has 16 valence electrons. The maximum atomic E-state index is 4.64. The molecule has 0 aromatic rings. The molecule has 4 heavy (non-hydrogen) atoms. The van der Waals surface area contributed by atoms with Crippen molar-refractivity contribution in [2.45, 2.75) is 0 Å². The SMILES string of the molecule is [B][SiH3].[Ba+2].[H-].[H-].[Zn]. The molecule has 0 saturated heterocycles. The van der Waals surface area contributed by atoms with Crippen molar-refractivity contribution in [2.75, 3.05) is 0 Å². The van der Waals surface area contributed by atoms with E-state index in [9.17, 15) is 0 Å². The van der Waals surface area contributed by atoms with Crippen LogP contribution >= 0.6 is 0 Å². The molecule has 0 aliphatic carbocycles. The van der Waals surface area contributed by atoms with Gasteiger partial charge in [0.25, 0.3) is 0 Å². The van der Waals surface area contributed by atoms with Gasteiger partial charge in [0.1, 0.15) is 0 Å². The summed E-state index contributed by atoms with van der Waals surface area (Å²) < 4.78 is 0. The van der Waals surface area contributed by atoms with Crippen LogP contribution in [0.15, 0.2) is 0 Å². The maximum Gasteiger partial charge on any atom is 2.00 e. The molecule has 0 saturated carbocycles. The maximum absolute atomic E-state index is 4.64. The molecule has 0 aliphatic rings. The van der Waals surface area contributed by atoms with Crippen LogP contribution in [0.2, 0.25) is 0 Å². The Bertz CT molecular complexity index is 13.5. The van der Waals surface area contributed by atoms with E-state index in [4.69, 9.17) is 0 Å². The number of hydrogen-bond donors (Lipinski definition) is 0. The van der Waals surface area contributed by atoms with Crippen LogP contribution < -0.4 is 0 Å². The van der Waals surface area contributed by atoms with Crippen LogP contribution in [0.4, 0.5) is 0 Å². The van der Waals surface area contributed by atoms with E-state index in [1.165, 1.54) is 0 Å². The van der Waals surface area contributed by atoms with Crippen molar-refractivity contribution >= 4 is 66.4 Å². The molecular formula is H5BBaSiZn. The van der Waals surface area contributed by atoms with Crippen molar-refractivity contribution in [1.29, 1.82) is 0 Å². The third-order valence-electron chi connectivity index (χ3n) is 0. The Hall–Kier alpha value is 2.48. The smallest absolute Gasteiger partial charge is 1.00 e. The standard InChI is InChI=1S/BH3Si.Ba.Zn.2H/c1-2;;;;/h2H3;;;;/q;+2;;2*-1. The summed E-state index contributed by atoms with van der Waals surface area (Å²) in [6.07, 6.45) is 0. The van der Waals surface area contributed by atoms with Gasteiger partial charge in [-0.3, -0.25) is 0 Å². The van der Waals surface area contributed by atoms with Gasteiger partial charge in [-0.25, -0.2) is 0 Å². The molecule has 0 rings (SSSR count). The Kier molecular flexibility index (Phi) is 71.9. The molecule has 4 heteroatoms. The molecule has 0 heterocycles. The second kappa shape index (κ2) is 17.9. The van der Waals surface area contributed by atoms with E-state index in [-0.39, 0.29) is 71.2 Å². The van der Waals surface area contributed by atoms with Crippen molar-refractivity contribution < 1.29 is 22.3 Å². The van der Waals surface area contributed by atoms with Gasteiger partial charge in [-0.05, 0) is 10.1 Å². The van der Waals surface area contributed by atoms with Gasteiger partial charge in [0.2, 0.25) is 0 Å². The van der Waals surface area contributed by atoms with Crippen molar-refractivity contribution in [3.05, 3.63) is 0 Å². The van der Waals surface area contributed by atoms with Gasteiger partial charge in [0.05, 0.1) is 0 Å². The third kappa shape index (κ3) is 8.82. The molecule has 0 unspecified atom stereocenters. The van der Waals surface area contributed by atoms with E-state index < -0.39 is 0 Å². The Balaban J connectivity index is -0.000000000833. The van der Waals surface area contributed by atoms with Gasteiger partial charge >= 0.3 is 48.9 Å². The van der Waals surface area contributed by atoms with Crippen LogP contribution in [-0.2, 0) is 19.5 Å². The molecule has 0 nitrogen and oxygen atoms in total. The fraction of sp³-hybridized carbons (Fsp3) is 0. The molecule has 0 amide bonds. The molecule has 0 bridgehead atoms. The van der Waals surface area contributed by atoms with Gasteiger partial charge < -0.3 is 2.85 Å². The van der Waals surface area contributed by atoms with Crippen LogP contribution in [0.1, 0.15) is 2.85 Å². The van der Waals surface area contributed by atoms with Gasteiger partial charge in [-0.2, -0.15) is 0 Å². The van der Waals surface area contributed by atoms with E-state index in [1.54, 1.807) is 0 Å². The largest absolute Gasteiger partial charge is 2.00 e. The summed E-state index contributed by atoms with van der Waals surface area (Å²) in [6, 6.07) is 0. The molecule has 0 aliphatic heterocycles. The summed E-state index contributed by atoms with van der Waals surface area (Å²) in [4.78, 5) is 0. The van der Waals surface area contributed by atoms with Crippen molar-refractivity contribution in [1.82, 2.24) is 0 Å². The molecule has 0 spiro atoms. The average molecular weight is 247 g/mol. The average Bonchev–Trinajstić information content (AvgIpc) is 1.00. The Morgan fingerprint density at radius 2 is 1.50 bits per heavy atom. The van der Waals surface area contributed by atoms with Crippen molar-refractivity contribution in [2.24, 2.45) is 0 Å². The molecular weight excluding hydrogens is 242 g/mol. The number of rotatable bonds is 0. The summed E-state index contributed by atoms with van der Waals surface area (Å²) in [5, 5.41) is 0. The fourth-order valence-corrected chi connectivity index (χ4v) is 0. The molecule has 0 N–H and O–H groups in total. The van der Waals surface area contributed by atoms with E-state index in [2.05, 4.69) is 7.44 Å². The molecule has 0 aromatic carbocycles. The first-order valence-corrected chi connectivity index (χ1v) is 1.73. The second-order valence-corrected chi connectivity index (χ2v) is 0. The Labute approximate surface area is 87.1 Å². The zero-order valence-electron chi connectivity index (χ0n) is 4.99. The van der Waals surface area contributed by atoms with Gasteiger partial charge in [0, 0.05) is 26.9 Å². The monoisotopic (exact) mass is 246 g/mol. The summed E-state index contributed by atoms with van der Waals surface area (Å²) in [5.41, 5.74) is 0. The minimum absolute atomic E-state index is 0. The molecule has 0 atom stereocenters. The zero-order valence-corrected chi connectivity index (χ0v) is 12.4. The minimum atomic E-state index is 0. The normalized spacial score (nSPS) is 2.00. The van der Waals surface area contributed by atoms with Gasteiger partial charge in [0.15, 0.2) is 0 Å². The van der Waals surface area contributed by atoms with Crippen LogP contribution in [0, 0.1) is 0 Å². The van der Waals surface area contributed by atoms with Gasteiger partial charge in [-0.1, -0.05) is 0 Å². The fourth-order valence-electron chi connectivity index (χ4n) is 0. The summed E-state index contributed by atoms with van der Waals surface area (Å²) in [7, 11) is 5.44. The molecule has 0 fully saturated rings. The predicted molar refractivity (Wildman–Crippen MR) is 23.7 cm³/mol. The van der Waals surface area contributed by atoms with Crippen LogP contribution in [0.3, 0.4) is 0 Å². The predicted octanol–water partition coefficient (Wildman–Crippen LogP) is -1.72. The van der Waals surface area contributed by atoms with Crippen LogP contribution in [-0.4, -0.2) is 66.4 Å². The first-order valence-electron chi connectivity index (χ1n) is 0.577. The topological polar surface area (TPSA) is 0 Å². The summed E-state index contributed by atoms with van der Waals surface area (Å²) >= 11 is 0. The van der Waals surface area contributed by atoms with Gasteiger partial charge in [-0.15, -0.1) is 0 Å². The quantitative estimate of drug-likeness (QED) is 0.446. The Morgan fingerprint density at radius 1 is 1.50 bits per heavy atom. The summed E-state index contributed by atoms with van der Waals surface area (Å²) in [5.74, 6) is 0. The van der Waals surface area contributed by atoms with E-state index >= 15 is 0 Å². The van der Waals surface area contributed by atoms with Crippen LogP contribution in [0.25, 0.3) is 0 Å². The molecule has 0 aromatic heterocycles. The Morgan fingerprint density at radius 3 is 1.50 bits per heavy atom. The van der Waals surface area contributed by atoms with Crippen LogP contribution in [0.5, 0.6) is 0 Å². The second-order valence-electron chi connectivity index (χ2n) is 0. The number of hydrogen-bond acceptors (Lipinski definition) is 0. The van der Waals surface area contributed by atoms with Crippen molar-refractivity contribution in [3.63, 3.8) is 0 Å². The first kappa shape index (κ1) is 16.1. The van der Waals surface area contributed by atoms with E-state index in [0.717, 1.165) is 10.1 Å². The summed E-state index contributed by atoms with van der Waals surface area (Å²) in [6.45, 7) is 0. The zero-order chi connectivity index (χ0) is 2.00.